The fourth-order valence-corrected chi connectivity index (χ4v) is 4.65. The van der Waals surface area contributed by atoms with Crippen LogP contribution in [0.4, 0.5) is 10.3 Å². The summed E-state index contributed by atoms with van der Waals surface area (Å²) in [5.74, 6) is -0.327. The molecule has 142 valence electrons. The Morgan fingerprint density at radius 1 is 1.00 bits per heavy atom. The second-order valence-electron chi connectivity index (χ2n) is 5.83. The molecule has 0 radical (unpaired) electrons. The summed E-state index contributed by atoms with van der Waals surface area (Å²) in [6.07, 6.45) is 1.67. The van der Waals surface area contributed by atoms with E-state index in [1.807, 2.05) is 58.6 Å². The lowest BCUT2D eigenvalue weighted by Crippen LogP contribution is -2.28. The number of amides is 1. The lowest BCUT2D eigenvalue weighted by Gasteiger charge is -2.06. The number of nitrogens with zero attached hydrogens (tertiary/aromatic N) is 5. The van der Waals surface area contributed by atoms with Gasteiger partial charge in [0, 0.05) is 22.5 Å². The van der Waals surface area contributed by atoms with Crippen molar-refractivity contribution in [2.24, 2.45) is 10.2 Å². The molecule has 0 atom stereocenters. The molecule has 5 rings (SSSR count). The lowest BCUT2D eigenvalue weighted by atomic mass is 10.2. The van der Waals surface area contributed by atoms with E-state index in [0.29, 0.717) is 16.0 Å². The first-order valence-corrected chi connectivity index (χ1v) is 11.1. The summed E-state index contributed by atoms with van der Waals surface area (Å²) < 4.78 is 0. The van der Waals surface area contributed by atoms with Crippen LogP contribution in [0.1, 0.15) is 4.88 Å². The predicted molar refractivity (Wildman–Crippen MR) is 119 cm³/mol. The van der Waals surface area contributed by atoms with Crippen molar-refractivity contribution >= 4 is 61.6 Å². The number of anilines is 2. The van der Waals surface area contributed by atoms with E-state index in [9.17, 15) is 4.79 Å². The Morgan fingerprint density at radius 3 is 2.66 bits per heavy atom. The van der Waals surface area contributed by atoms with Gasteiger partial charge >= 0.3 is 5.91 Å². The monoisotopic (exact) mass is 436 g/mol. The van der Waals surface area contributed by atoms with Crippen LogP contribution < -0.4 is 10.4 Å². The van der Waals surface area contributed by atoms with Crippen molar-refractivity contribution in [3.05, 3.63) is 69.7 Å². The molecule has 3 aromatic heterocycles. The number of thiazole rings is 2. The minimum Gasteiger partial charge on any atom is -0.265 e. The molecule has 10 heteroatoms. The normalized spacial score (nSPS) is 15.2. The highest BCUT2D eigenvalue weighted by Crippen LogP contribution is 2.30. The van der Waals surface area contributed by atoms with Crippen LogP contribution in [0.15, 0.2) is 75.0 Å². The van der Waals surface area contributed by atoms with Crippen molar-refractivity contribution in [3.63, 3.8) is 0 Å². The SMILES string of the molecule is O=C1/C(=N\Nc2nccs2)C(c2cccs2)=NN1c1nc(-c2ccccc2)cs1. The molecule has 4 aromatic rings. The van der Waals surface area contributed by atoms with Gasteiger partial charge in [0.15, 0.2) is 5.71 Å². The molecule has 1 amide bonds. The summed E-state index contributed by atoms with van der Waals surface area (Å²) in [4.78, 5) is 22.7. The molecule has 7 nitrogen and oxygen atoms in total. The average Bonchev–Trinajstić information content (AvgIpc) is 3.54. The minimum atomic E-state index is -0.327. The zero-order valence-corrected chi connectivity index (χ0v) is 17.2. The van der Waals surface area contributed by atoms with Crippen LogP contribution in [0.2, 0.25) is 0 Å². The van der Waals surface area contributed by atoms with Gasteiger partial charge in [-0.2, -0.15) is 15.2 Å². The molecule has 0 bridgehead atoms. The fourth-order valence-electron chi connectivity index (χ4n) is 2.69. The van der Waals surface area contributed by atoms with E-state index in [4.69, 9.17) is 0 Å². The standard InChI is InChI=1S/C19H12N6OS3/c26-17-16(22-23-18-20-8-10-28-18)15(14-7-4-9-27-14)24-25(17)19-21-13(11-29-19)12-5-2-1-3-6-12/h1-11H,(H,20,23)/b22-16-. The molecule has 0 aliphatic carbocycles. The van der Waals surface area contributed by atoms with Crippen LogP contribution in [0, 0.1) is 0 Å². The highest BCUT2D eigenvalue weighted by Gasteiger charge is 2.36. The Hall–Kier alpha value is -3.21. The Balaban J connectivity index is 1.50. The third-order valence-corrected chi connectivity index (χ3v) is 6.38. The van der Waals surface area contributed by atoms with Crippen LogP contribution in [0.25, 0.3) is 11.3 Å². The van der Waals surface area contributed by atoms with Crippen molar-refractivity contribution in [1.29, 1.82) is 0 Å². The third kappa shape index (κ3) is 3.48. The summed E-state index contributed by atoms with van der Waals surface area (Å²) >= 11 is 4.27. The summed E-state index contributed by atoms with van der Waals surface area (Å²) in [5, 5.41) is 17.0. The quantitative estimate of drug-likeness (QED) is 0.465. The zero-order valence-electron chi connectivity index (χ0n) is 14.7. The maximum atomic E-state index is 13.1. The molecule has 0 spiro atoms. The number of carbonyl (C=O) groups excluding carboxylic acids is 1. The summed E-state index contributed by atoms with van der Waals surface area (Å²) in [5.41, 5.74) is 5.39. The second-order valence-corrected chi connectivity index (χ2v) is 8.51. The number of rotatable bonds is 5. The van der Waals surface area contributed by atoms with Gasteiger partial charge in [-0.15, -0.1) is 34.0 Å². The summed E-state index contributed by atoms with van der Waals surface area (Å²) in [6, 6.07) is 13.7. The molecule has 0 fully saturated rings. The van der Waals surface area contributed by atoms with Gasteiger partial charge in [-0.3, -0.25) is 10.2 Å². The molecule has 1 aromatic carbocycles. The van der Waals surface area contributed by atoms with E-state index >= 15 is 0 Å². The van der Waals surface area contributed by atoms with Gasteiger partial charge < -0.3 is 0 Å². The topological polar surface area (TPSA) is 82.8 Å². The number of aromatic nitrogens is 2. The third-order valence-electron chi connectivity index (χ3n) is 4.01. The second kappa shape index (κ2) is 7.66. The highest BCUT2D eigenvalue weighted by atomic mass is 32.1. The van der Waals surface area contributed by atoms with Crippen molar-refractivity contribution < 1.29 is 4.79 Å². The molecular weight excluding hydrogens is 424 g/mol. The zero-order chi connectivity index (χ0) is 19.6. The number of thiophene rings is 1. The molecule has 0 saturated carbocycles. The molecule has 1 aliphatic heterocycles. The fraction of sp³-hybridized carbons (Fsp3) is 0. The number of hydrogen-bond donors (Lipinski definition) is 1. The van der Waals surface area contributed by atoms with Crippen molar-refractivity contribution in [3.8, 4) is 11.3 Å². The van der Waals surface area contributed by atoms with E-state index < -0.39 is 0 Å². The number of benzene rings is 1. The summed E-state index contributed by atoms with van der Waals surface area (Å²) in [7, 11) is 0. The first-order chi connectivity index (χ1) is 14.3. The molecule has 0 unspecified atom stereocenters. The van der Waals surface area contributed by atoms with Gasteiger partial charge in [0.1, 0.15) is 5.71 Å². The van der Waals surface area contributed by atoms with Crippen molar-refractivity contribution in [1.82, 2.24) is 9.97 Å². The summed E-state index contributed by atoms with van der Waals surface area (Å²) in [6.45, 7) is 0. The number of carbonyl (C=O) groups is 1. The van der Waals surface area contributed by atoms with Gasteiger partial charge in [0.05, 0.1) is 10.6 Å². The van der Waals surface area contributed by atoms with Gasteiger partial charge in [0.25, 0.3) is 0 Å². The van der Waals surface area contributed by atoms with Gasteiger partial charge in [-0.25, -0.2) is 9.97 Å². The van der Waals surface area contributed by atoms with Gasteiger partial charge in [0.2, 0.25) is 10.3 Å². The average molecular weight is 437 g/mol. The first kappa shape index (κ1) is 17.9. The number of hydrogen-bond acceptors (Lipinski definition) is 9. The van der Waals surface area contributed by atoms with E-state index in [1.54, 1.807) is 6.20 Å². The van der Waals surface area contributed by atoms with E-state index in [0.717, 1.165) is 16.1 Å². The van der Waals surface area contributed by atoms with Crippen LogP contribution >= 0.6 is 34.0 Å². The largest absolute Gasteiger partial charge is 0.303 e. The molecule has 1 N–H and O–H groups in total. The van der Waals surface area contributed by atoms with E-state index in [1.165, 1.54) is 39.0 Å². The maximum absolute atomic E-state index is 13.1. The first-order valence-electron chi connectivity index (χ1n) is 8.51. The van der Waals surface area contributed by atoms with Crippen molar-refractivity contribution in [2.75, 3.05) is 10.4 Å². The molecule has 1 aliphatic rings. The minimum absolute atomic E-state index is 0.235. The van der Waals surface area contributed by atoms with Crippen LogP contribution in [-0.4, -0.2) is 27.3 Å². The van der Waals surface area contributed by atoms with E-state index in [-0.39, 0.29) is 11.6 Å². The van der Waals surface area contributed by atoms with Crippen LogP contribution in [-0.2, 0) is 4.79 Å². The van der Waals surface area contributed by atoms with Crippen molar-refractivity contribution in [2.45, 2.75) is 0 Å². The predicted octanol–water partition coefficient (Wildman–Crippen LogP) is 4.55. The number of hydrazone groups is 2. The Labute approximate surface area is 177 Å². The molecule has 0 saturated heterocycles. The molecular formula is C19H12N6OS3. The van der Waals surface area contributed by atoms with Crippen LogP contribution in [0.3, 0.4) is 0 Å². The Bertz CT molecular complexity index is 1200. The lowest BCUT2D eigenvalue weighted by molar-refractivity contribution is -0.112. The van der Waals surface area contributed by atoms with E-state index in [2.05, 4.69) is 25.6 Å². The number of nitrogens with one attached hydrogen (secondary N) is 1. The highest BCUT2D eigenvalue weighted by molar-refractivity contribution is 7.15. The Kier molecular flexibility index (Phi) is 4.72. The Morgan fingerprint density at radius 2 is 1.90 bits per heavy atom. The van der Waals surface area contributed by atoms with Crippen LogP contribution in [0.5, 0.6) is 0 Å². The maximum Gasteiger partial charge on any atom is 0.303 e. The smallest absolute Gasteiger partial charge is 0.265 e. The van der Waals surface area contributed by atoms with Gasteiger partial charge in [-0.05, 0) is 11.4 Å². The molecule has 4 heterocycles. The van der Waals surface area contributed by atoms with Gasteiger partial charge in [-0.1, -0.05) is 36.4 Å². The molecule has 29 heavy (non-hydrogen) atoms.